The Hall–Kier alpha value is -4.27. The smallest absolute Gasteiger partial charge is 0.184 e. The van der Waals surface area contributed by atoms with Gasteiger partial charge in [-0.2, -0.15) is 5.10 Å². The first-order chi connectivity index (χ1) is 15.6. The molecule has 9 nitrogen and oxygen atoms in total. The summed E-state index contributed by atoms with van der Waals surface area (Å²) in [5, 5.41) is 10.9. The van der Waals surface area contributed by atoms with Gasteiger partial charge in [0.15, 0.2) is 17.4 Å². The van der Waals surface area contributed by atoms with Crippen LogP contribution in [0.4, 0.5) is 23.0 Å². The zero-order valence-electron chi connectivity index (χ0n) is 18.0. The lowest BCUT2D eigenvalue weighted by Gasteiger charge is -2.17. The number of Topliss-reactive ketones (excluding diaryl/α,β-unsaturated/α-hetero) is 1. The number of methoxy groups -OCH3 is 1. The molecule has 0 bridgehead atoms. The van der Waals surface area contributed by atoms with E-state index in [0.29, 0.717) is 46.6 Å². The number of nitrogens with zero attached hydrogens (tertiary/aromatic N) is 5. The van der Waals surface area contributed by atoms with E-state index in [1.54, 1.807) is 43.6 Å². The summed E-state index contributed by atoms with van der Waals surface area (Å²) >= 11 is 0. The molecule has 9 heteroatoms. The SMILES string of the molecule is CCC(=O)c1cnc(Nc2ccccn2)cc1Nc1cccc(-c2ncn(C)n2)c1OC. The number of para-hydroxylation sites is 1. The molecule has 0 aliphatic heterocycles. The van der Waals surface area contributed by atoms with Gasteiger partial charge in [-0.3, -0.25) is 9.48 Å². The van der Waals surface area contributed by atoms with E-state index in [-0.39, 0.29) is 5.78 Å². The number of ketones is 1. The van der Waals surface area contributed by atoms with Gasteiger partial charge in [0.05, 0.1) is 29.6 Å². The number of aryl methyl sites for hydroxylation is 1. The molecule has 0 saturated carbocycles. The fourth-order valence-electron chi connectivity index (χ4n) is 3.25. The van der Waals surface area contributed by atoms with Crippen LogP contribution in [0.1, 0.15) is 23.7 Å². The van der Waals surface area contributed by atoms with Crippen molar-refractivity contribution in [1.82, 2.24) is 24.7 Å². The quantitative estimate of drug-likeness (QED) is 0.398. The molecule has 0 atom stereocenters. The monoisotopic (exact) mass is 429 g/mol. The number of carbonyl (C=O) groups is 1. The van der Waals surface area contributed by atoms with Crippen LogP contribution in [0.25, 0.3) is 11.4 Å². The van der Waals surface area contributed by atoms with Crippen molar-refractivity contribution >= 4 is 28.8 Å². The maximum absolute atomic E-state index is 12.6. The molecule has 0 fully saturated rings. The number of pyridine rings is 2. The fraction of sp³-hybridized carbons (Fsp3) is 0.174. The van der Waals surface area contributed by atoms with Crippen LogP contribution in [0, 0.1) is 0 Å². The van der Waals surface area contributed by atoms with E-state index in [1.165, 1.54) is 0 Å². The van der Waals surface area contributed by atoms with Gasteiger partial charge in [0, 0.05) is 31.9 Å². The molecule has 0 aliphatic carbocycles. The highest BCUT2D eigenvalue weighted by Crippen LogP contribution is 2.37. The number of carbonyl (C=O) groups excluding carboxylic acids is 1. The lowest BCUT2D eigenvalue weighted by molar-refractivity contribution is 0.0988. The topological polar surface area (TPSA) is 107 Å². The molecule has 3 aromatic heterocycles. The second kappa shape index (κ2) is 9.25. The third-order valence-corrected chi connectivity index (χ3v) is 4.78. The Morgan fingerprint density at radius 3 is 2.59 bits per heavy atom. The van der Waals surface area contributed by atoms with Crippen molar-refractivity contribution in [2.24, 2.45) is 7.05 Å². The average molecular weight is 429 g/mol. The first kappa shape index (κ1) is 21.0. The Balaban J connectivity index is 1.74. The number of anilines is 4. The molecular formula is C23H23N7O2. The highest BCUT2D eigenvalue weighted by molar-refractivity contribution is 6.02. The van der Waals surface area contributed by atoms with Crippen LogP contribution in [-0.2, 0) is 7.05 Å². The van der Waals surface area contributed by atoms with Gasteiger partial charge < -0.3 is 15.4 Å². The van der Waals surface area contributed by atoms with Crippen molar-refractivity contribution in [2.45, 2.75) is 13.3 Å². The minimum Gasteiger partial charge on any atom is -0.494 e. The normalized spacial score (nSPS) is 10.6. The molecule has 1 aromatic carbocycles. The summed E-state index contributed by atoms with van der Waals surface area (Å²) < 4.78 is 7.32. The van der Waals surface area contributed by atoms with Gasteiger partial charge >= 0.3 is 0 Å². The van der Waals surface area contributed by atoms with Crippen LogP contribution in [0.3, 0.4) is 0 Å². The molecule has 4 aromatic rings. The number of aromatic nitrogens is 5. The third-order valence-electron chi connectivity index (χ3n) is 4.78. The summed E-state index contributed by atoms with van der Waals surface area (Å²) in [5.74, 6) is 2.31. The first-order valence-electron chi connectivity index (χ1n) is 10.1. The van der Waals surface area contributed by atoms with E-state index in [4.69, 9.17) is 4.74 Å². The van der Waals surface area contributed by atoms with Crippen LogP contribution >= 0.6 is 0 Å². The predicted octanol–water partition coefficient (Wildman–Crippen LogP) is 4.36. The zero-order valence-corrected chi connectivity index (χ0v) is 18.0. The van der Waals surface area contributed by atoms with Crippen molar-refractivity contribution in [1.29, 1.82) is 0 Å². The highest BCUT2D eigenvalue weighted by Gasteiger charge is 2.17. The average Bonchev–Trinajstić information content (AvgIpc) is 3.25. The van der Waals surface area contributed by atoms with E-state index in [9.17, 15) is 4.79 Å². The molecular weight excluding hydrogens is 406 g/mol. The van der Waals surface area contributed by atoms with E-state index in [0.717, 1.165) is 5.56 Å². The Kier molecular flexibility index (Phi) is 6.07. The molecule has 32 heavy (non-hydrogen) atoms. The fourth-order valence-corrected chi connectivity index (χ4v) is 3.25. The second-order valence-electron chi connectivity index (χ2n) is 6.99. The molecule has 0 radical (unpaired) electrons. The number of benzene rings is 1. The Bertz CT molecular complexity index is 1240. The van der Waals surface area contributed by atoms with Crippen molar-refractivity contribution in [3.8, 4) is 17.1 Å². The van der Waals surface area contributed by atoms with Crippen LogP contribution in [-0.4, -0.2) is 37.6 Å². The summed E-state index contributed by atoms with van der Waals surface area (Å²) in [6.07, 6.45) is 5.25. The lowest BCUT2D eigenvalue weighted by atomic mass is 10.1. The molecule has 162 valence electrons. The van der Waals surface area contributed by atoms with Crippen molar-refractivity contribution in [2.75, 3.05) is 17.7 Å². The predicted molar refractivity (Wildman–Crippen MR) is 123 cm³/mol. The number of ether oxygens (including phenoxy) is 1. The minimum atomic E-state index is -0.0223. The highest BCUT2D eigenvalue weighted by atomic mass is 16.5. The van der Waals surface area contributed by atoms with Gasteiger partial charge in [0.2, 0.25) is 0 Å². The van der Waals surface area contributed by atoms with Gasteiger partial charge in [-0.05, 0) is 24.3 Å². The molecule has 4 rings (SSSR count). The van der Waals surface area contributed by atoms with E-state index < -0.39 is 0 Å². The summed E-state index contributed by atoms with van der Waals surface area (Å²) in [6.45, 7) is 1.82. The van der Waals surface area contributed by atoms with Crippen molar-refractivity contribution in [3.05, 3.63) is 66.7 Å². The molecule has 0 spiro atoms. The summed E-state index contributed by atoms with van der Waals surface area (Å²) in [5.41, 5.74) is 2.51. The lowest BCUT2D eigenvalue weighted by Crippen LogP contribution is -2.07. The molecule has 3 heterocycles. The first-order valence-corrected chi connectivity index (χ1v) is 10.1. The van der Waals surface area contributed by atoms with Crippen LogP contribution < -0.4 is 15.4 Å². The summed E-state index contributed by atoms with van der Waals surface area (Å²) in [6, 6.07) is 13.0. The molecule has 0 saturated heterocycles. The number of nitrogens with one attached hydrogen (secondary N) is 2. The van der Waals surface area contributed by atoms with Gasteiger partial charge in [0.25, 0.3) is 0 Å². The van der Waals surface area contributed by atoms with Gasteiger partial charge in [-0.1, -0.05) is 19.1 Å². The third kappa shape index (κ3) is 4.41. The molecule has 0 amide bonds. The Morgan fingerprint density at radius 2 is 1.91 bits per heavy atom. The van der Waals surface area contributed by atoms with Gasteiger partial charge in [-0.25, -0.2) is 15.0 Å². The van der Waals surface area contributed by atoms with Gasteiger partial charge in [0.1, 0.15) is 18.0 Å². The molecule has 0 aliphatic rings. The standard InChI is InChI=1S/C23H23N7O2/c1-4-19(31)16-13-25-21(28-20-10-5-6-11-24-20)12-18(16)27-17-9-7-8-15(22(17)32-3)23-26-14-30(2)29-23/h5-14H,4H2,1-3H3,(H2,24,25,27,28). The molecule has 2 N–H and O–H groups in total. The van der Waals surface area contributed by atoms with Crippen molar-refractivity contribution < 1.29 is 9.53 Å². The maximum atomic E-state index is 12.6. The van der Waals surface area contributed by atoms with E-state index >= 15 is 0 Å². The van der Waals surface area contributed by atoms with Crippen LogP contribution in [0.2, 0.25) is 0 Å². The van der Waals surface area contributed by atoms with E-state index in [1.807, 2.05) is 43.3 Å². The Morgan fingerprint density at radius 1 is 1.03 bits per heavy atom. The summed E-state index contributed by atoms with van der Waals surface area (Å²) in [4.78, 5) is 25.6. The second-order valence-corrected chi connectivity index (χ2v) is 6.99. The van der Waals surface area contributed by atoms with Gasteiger partial charge in [-0.15, -0.1) is 0 Å². The zero-order chi connectivity index (χ0) is 22.5. The van der Waals surface area contributed by atoms with Crippen LogP contribution in [0.5, 0.6) is 5.75 Å². The number of hydrogen-bond acceptors (Lipinski definition) is 8. The van der Waals surface area contributed by atoms with E-state index in [2.05, 4.69) is 30.7 Å². The minimum absolute atomic E-state index is 0.0223. The number of rotatable bonds is 8. The number of hydrogen-bond donors (Lipinski definition) is 2. The van der Waals surface area contributed by atoms with Crippen molar-refractivity contribution in [3.63, 3.8) is 0 Å². The summed E-state index contributed by atoms with van der Waals surface area (Å²) in [7, 11) is 3.40. The maximum Gasteiger partial charge on any atom is 0.184 e. The Labute approximate surface area is 185 Å². The molecule has 0 unspecified atom stereocenters. The largest absolute Gasteiger partial charge is 0.494 e. The van der Waals surface area contributed by atoms with Crippen LogP contribution in [0.15, 0.2) is 61.2 Å².